The van der Waals surface area contributed by atoms with Gasteiger partial charge < -0.3 is 20.4 Å². The third kappa shape index (κ3) is 3.57. The minimum Gasteiger partial charge on any atom is -0.465 e. The van der Waals surface area contributed by atoms with Crippen LogP contribution in [0.15, 0.2) is 18.2 Å². The van der Waals surface area contributed by atoms with Crippen LogP contribution in [-0.2, 0) is 4.79 Å². The van der Waals surface area contributed by atoms with Gasteiger partial charge in [-0.25, -0.2) is 4.79 Å². The molecule has 2 rings (SSSR count). The van der Waals surface area contributed by atoms with E-state index < -0.39 is 12.2 Å². The Morgan fingerprint density at radius 2 is 2.18 bits per heavy atom. The van der Waals surface area contributed by atoms with Gasteiger partial charge >= 0.3 is 6.09 Å². The minimum atomic E-state index is -1.11. The fourth-order valence-corrected chi connectivity index (χ4v) is 2.94. The van der Waals surface area contributed by atoms with Gasteiger partial charge in [0.15, 0.2) is 0 Å². The summed E-state index contributed by atoms with van der Waals surface area (Å²) in [6, 6.07) is 5.58. The summed E-state index contributed by atoms with van der Waals surface area (Å²) in [5, 5.41) is 21.6. The van der Waals surface area contributed by atoms with Gasteiger partial charge in [0.25, 0.3) is 0 Å². The molecule has 0 aliphatic carbocycles. The summed E-state index contributed by atoms with van der Waals surface area (Å²) < 4.78 is 0. The lowest BCUT2D eigenvalue weighted by molar-refractivity contribution is -0.130. The highest BCUT2D eigenvalue weighted by molar-refractivity contribution is 5.79. The van der Waals surface area contributed by atoms with Crippen molar-refractivity contribution in [3.8, 4) is 0 Å². The second-order valence-electron chi connectivity index (χ2n) is 5.73. The van der Waals surface area contributed by atoms with Gasteiger partial charge in [-0.2, -0.15) is 0 Å². The molecule has 6 nitrogen and oxygen atoms in total. The first-order valence-electron chi connectivity index (χ1n) is 7.41. The third-order valence-corrected chi connectivity index (χ3v) is 4.12. The Balaban J connectivity index is 2.12. The van der Waals surface area contributed by atoms with E-state index in [-0.39, 0.29) is 25.0 Å². The fourth-order valence-electron chi connectivity index (χ4n) is 2.94. The van der Waals surface area contributed by atoms with Crippen molar-refractivity contribution < 1.29 is 19.8 Å². The van der Waals surface area contributed by atoms with E-state index in [2.05, 4.69) is 5.32 Å². The molecule has 0 aromatic heterocycles. The highest BCUT2D eigenvalue weighted by Gasteiger charge is 2.36. The van der Waals surface area contributed by atoms with Crippen LogP contribution in [0, 0.1) is 13.8 Å². The average Bonchev–Trinajstić information content (AvgIpc) is 2.82. The zero-order valence-electron chi connectivity index (χ0n) is 12.9. The molecule has 0 spiro atoms. The second kappa shape index (κ2) is 6.79. The molecule has 3 N–H and O–H groups in total. The molecule has 2 amide bonds. The largest absolute Gasteiger partial charge is 0.465 e. The molecule has 2 atom stereocenters. The van der Waals surface area contributed by atoms with Crippen LogP contribution >= 0.6 is 0 Å². The number of aliphatic hydroxyl groups is 1. The fraction of sp³-hybridized carbons (Fsp3) is 0.500. The molecule has 1 aliphatic heterocycles. The summed E-state index contributed by atoms with van der Waals surface area (Å²) in [6.45, 7) is 4.34. The summed E-state index contributed by atoms with van der Waals surface area (Å²) in [5.41, 5.74) is 2.88. The SMILES string of the molecule is Cc1ccc(C)c(C(O)[C@@H]2CCC(=O)N2CCNC(=O)O)c1. The lowest BCUT2D eigenvalue weighted by Gasteiger charge is -2.30. The van der Waals surface area contributed by atoms with Gasteiger partial charge in [0, 0.05) is 19.5 Å². The van der Waals surface area contributed by atoms with E-state index in [4.69, 9.17) is 5.11 Å². The summed E-state index contributed by atoms with van der Waals surface area (Å²) in [6.07, 6.45) is -0.894. The normalized spacial score (nSPS) is 19.3. The Hall–Kier alpha value is -2.08. The van der Waals surface area contributed by atoms with Crippen molar-refractivity contribution in [1.29, 1.82) is 0 Å². The smallest absolute Gasteiger partial charge is 0.404 e. The Morgan fingerprint density at radius 1 is 1.45 bits per heavy atom. The highest BCUT2D eigenvalue weighted by atomic mass is 16.4. The van der Waals surface area contributed by atoms with E-state index in [1.54, 1.807) is 4.90 Å². The van der Waals surface area contributed by atoms with Crippen LogP contribution in [0.4, 0.5) is 4.79 Å². The Kier molecular flexibility index (Phi) is 5.03. The first-order chi connectivity index (χ1) is 10.4. The molecular weight excluding hydrogens is 284 g/mol. The molecule has 1 unspecified atom stereocenters. The summed E-state index contributed by atoms with van der Waals surface area (Å²) >= 11 is 0. The molecular formula is C16H22N2O4. The number of hydrogen-bond donors (Lipinski definition) is 3. The molecule has 0 bridgehead atoms. The molecule has 0 radical (unpaired) electrons. The van der Waals surface area contributed by atoms with E-state index in [1.165, 1.54) is 0 Å². The topological polar surface area (TPSA) is 89.9 Å². The van der Waals surface area contributed by atoms with Crippen molar-refractivity contribution in [2.24, 2.45) is 0 Å². The van der Waals surface area contributed by atoms with Crippen molar-refractivity contribution in [2.45, 2.75) is 38.8 Å². The molecule has 6 heteroatoms. The van der Waals surface area contributed by atoms with Gasteiger partial charge in [-0.3, -0.25) is 4.79 Å². The molecule has 1 saturated heterocycles. The molecule has 120 valence electrons. The van der Waals surface area contributed by atoms with E-state index in [9.17, 15) is 14.7 Å². The molecule has 1 fully saturated rings. The van der Waals surface area contributed by atoms with Gasteiger partial charge in [0.1, 0.15) is 0 Å². The number of aliphatic hydroxyl groups excluding tert-OH is 1. The van der Waals surface area contributed by atoms with Crippen LogP contribution in [0.3, 0.4) is 0 Å². The second-order valence-corrected chi connectivity index (χ2v) is 5.73. The number of nitrogens with one attached hydrogen (secondary N) is 1. The van der Waals surface area contributed by atoms with Gasteiger partial charge in [0.05, 0.1) is 12.1 Å². The van der Waals surface area contributed by atoms with Crippen molar-refractivity contribution in [1.82, 2.24) is 10.2 Å². The standard InChI is InChI=1S/C16H22N2O4/c1-10-3-4-11(2)12(9-10)15(20)13-5-6-14(19)18(13)8-7-17-16(21)22/h3-4,9,13,15,17,20H,5-8H2,1-2H3,(H,21,22)/t13-,15?/m0/s1. The lowest BCUT2D eigenvalue weighted by Crippen LogP contribution is -2.42. The number of aryl methyl sites for hydroxylation is 2. The quantitative estimate of drug-likeness (QED) is 0.770. The number of carboxylic acid groups (broad SMARTS) is 1. The van der Waals surface area contributed by atoms with E-state index in [0.717, 1.165) is 16.7 Å². The number of nitrogens with zero attached hydrogens (tertiary/aromatic N) is 1. The first-order valence-corrected chi connectivity index (χ1v) is 7.41. The number of likely N-dealkylation sites (tertiary alicyclic amines) is 1. The maximum absolute atomic E-state index is 12.0. The molecule has 1 aromatic carbocycles. The van der Waals surface area contributed by atoms with Gasteiger partial charge in [-0.15, -0.1) is 0 Å². The van der Waals surface area contributed by atoms with Crippen molar-refractivity contribution in [3.05, 3.63) is 34.9 Å². The Labute approximate surface area is 129 Å². The number of amides is 2. The molecule has 22 heavy (non-hydrogen) atoms. The summed E-state index contributed by atoms with van der Waals surface area (Å²) in [4.78, 5) is 24.1. The van der Waals surface area contributed by atoms with E-state index >= 15 is 0 Å². The number of carbonyl (C=O) groups is 2. The van der Waals surface area contributed by atoms with Gasteiger partial charge in [0.2, 0.25) is 5.91 Å². The molecule has 1 aromatic rings. The van der Waals surface area contributed by atoms with Crippen LogP contribution in [-0.4, -0.2) is 46.2 Å². The van der Waals surface area contributed by atoms with Crippen LogP contribution in [0.25, 0.3) is 0 Å². The number of carbonyl (C=O) groups excluding carboxylic acids is 1. The Morgan fingerprint density at radius 3 is 2.86 bits per heavy atom. The third-order valence-electron chi connectivity index (χ3n) is 4.12. The van der Waals surface area contributed by atoms with E-state index in [0.29, 0.717) is 12.8 Å². The number of hydrogen-bond acceptors (Lipinski definition) is 3. The van der Waals surface area contributed by atoms with Crippen molar-refractivity contribution >= 4 is 12.0 Å². The van der Waals surface area contributed by atoms with E-state index in [1.807, 2.05) is 32.0 Å². The van der Waals surface area contributed by atoms with Crippen LogP contribution in [0.1, 0.15) is 35.6 Å². The van der Waals surface area contributed by atoms with Crippen molar-refractivity contribution in [2.75, 3.05) is 13.1 Å². The maximum Gasteiger partial charge on any atom is 0.404 e. The molecule has 1 aliphatic rings. The predicted molar refractivity (Wildman–Crippen MR) is 81.6 cm³/mol. The van der Waals surface area contributed by atoms with Crippen molar-refractivity contribution in [3.63, 3.8) is 0 Å². The summed E-state index contributed by atoms with van der Waals surface area (Å²) in [7, 11) is 0. The predicted octanol–water partition coefficient (Wildman–Crippen LogP) is 1.60. The van der Waals surface area contributed by atoms with Crippen LogP contribution < -0.4 is 5.32 Å². The average molecular weight is 306 g/mol. The molecule has 1 heterocycles. The maximum atomic E-state index is 12.0. The van der Waals surface area contributed by atoms with Crippen LogP contribution in [0.2, 0.25) is 0 Å². The zero-order valence-corrected chi connectivity index (χ0v) is 12.9. The van der Waals surface area contributed by atoms with Gasteiger partial charge in [-0.05, 0) is 31.4 Å². The molecule has 0 saturated carbocycles. The van der Waals surface area contributed by atoms with Crippen LogP contribution in [0.5, 0.6) is 0 Å². The lowest BCUT2D eigenvalue weighted by atomic mass is 9.95. The highest BCUT2D eigenvalue weighted by Crippen LogP contribution is 2.31. The zero-order chi connectivity index (χ0) is 16.3. The Bertz CT molecular complexity index is 573. The minimum absolute atomic E-state index is 0.0402. The number of benzene rings is 1. The monoisotopic (exact) mass is 306 g/mol. The first kappa shape index (κ1) is 16.3. The van der Waals surface area contributed by atoms with Gasteiger partial charge in [-0.1, -0.05) is 23.8 Å². The summed E-state index contributed by atoms with van der Waals surface area (Å²) in [5.74, 6) is -0.0402. The number of rotatable bonds is 5.